The minimum atomic E-state index is -0.988. The number of fused-ring (bicyclic) bond motifs is 1. The van der Waals surface area contributed by atoms with Gasteiger partial charge in [0, 0.05) is 30.2 Å². The van der Waals surface area contributed by atoms with E-state index in [9.17, 15) is 14.4 Å². The molecule has 10 heteroatoms. The molecule has 0 aliphatic carbocycles. The fraction of sp³-hybridized carbons (Fsp3) is 0.0909. The minimum absolute atomic E-state index is 0.0356. The number of carbonyl (C=O) groups is 3. The highest BCUT2D eigenvalue weighted by Crippen LogP contribution is 2.30. The summed E-state index contributed by atoms with van der Waals surface area (Å²) >= 11 is 1.43. The molecule has 4 aromatic rings. The fourth-order valence-corrected chi connectivity index (χ4v) is 3.88. The molecule has 0 bridgehead atoms. The first-order chi connectivity index (χ1) is 15.5. The van der Waals surface area contributed by atoms with Crippen molar-refractivity contribution in [1.82, 2.24) is 20.3 Å². The van der Waals surface area contributed by atoms with Crippen molar-refractivity contribution in [2.45, 2.75) is 6.42 Å². The van der Waals surface area contributed by atoms with Gasteiger partial charge in [-0.05, 0) is 36.4 Å². The molecule has 4 rings (SSSR count). The smallest absolute Gasteiger partial charge is 0.305 e. The van der Waals surface area contributed by atoms with Crippen LogP contribution in [-0.2, 0) is 4.79 Å². The van der Waals surface area contributed by atoms with Gasteiger partial charge in [0.25, 0.3) is 11.8 Å². The maximum absolute atomic E-state index is 12.9. The monoisotopic (exact) mass is 447 g/mol. The predicted octanol–water partition coefficient (Wildman–Crippen LogP) is 3.21. The number of thiazole rings is 1. The van der Waals surface area contributed by atoms with Gasteiger partial charge in [0.15, 0.2) is 5.69 Å². The Morgan fingerprint density at radius 2 is 1.69 bits per heavy atom. The lowest BCUT2D eigenvalue weighted by Crippen LogP contribution is -2.26. The molecular formula is C22H17N5O4S. The van der Waals surface area contributed by atoms with Crippen LogP contribution in [0.4, 0.5) is 5.69 Å². The van der Waals surface area contributed by atoms with E-state index < -0.39 is 17.8 Å². The van der Waals surface area contributed by atoms with Crippen molar-refractivity contribution in [3.05, 3.63) is 72.2 Å². The Morgan fingerprint density at radius 3 is 2.44 bits per heavy atom. The number of benzene rings is 2. The Kier molecular flexibility index (Phi) is 6.13. The van der Waals surface area contributed by atoms with Gasteiger partial charge in [-0.2, -0.15) is 0 Å². The van der Waals surface area contributed by atoms with Crippen molar-refractivity contribution in [3.8, 4) is 10.7 Å². The molecule has 9 nitrogen and oxygen atoms in total. The van der Waals surface area contributed by atoms with Crippen LogP contribution < -0.4 is 10.6 Å². The second kappa shape index (κ2) is 9.31. The number of carboxylic acids is 1. The van der Waals surface area contributed by atoms with Crippen molar-refractivity contribution < 1.29 is 19.5 Å². The third kappa shape index (κ3) is 4.76. The molecule has 0 fully saturated rings. The van der Waals surface area contributed by atoms with Crippen LogP contribution in [0.5, 0.6) is 0 Å². The molecule has 0 saturated carbocycles. The number of anilines is 1. The van der Waals surface area contributed by atoms with Crippen molar-refractivity contribution in [2.24, 2.45) is 0 Å². The van der Waals surface area contributed by atoms with Gasteiger partial charge in [-0.3, -0.25) is 14.4 Å². The largest absolute Gasteiger partial charge is 0.481 e. The number of amides is 2. The summed E-state index contributed by atoms with van der Waals surface area (Å²) in [6.45, 7) is 0.0356. The highest BCUT2D eigenvalue weighted by molar-refractivity contribution is 7.21. The number of aromatic nitrogens is 3. The molecular weight excluding hydrogens is 430 g/mol. The second-order valence-corrected chi connectivity index (χ2v) is 7.70. The number of aliphatic carboxylic acids is 1. The van der Waals surface area contributed by atoms with Gasteiger partial charge in [-0.1, -0.05) is 12.1 Å². The molecule has 0 aliphatic heterocycles. The molecule has 2 heterocycles. The maximum Gasteiger partial charge on any atom is 0.305 e. The average molecular weight is 447 g/mol. The van der Waals surface area contributed by atoms with E-state index in [0.29, 0.717) is 22.0 Å². The van der Waals surface area contributed by atoms with Gasteiger partial charge in [-0.25, -0.2) is 15.0 Å². The van der Waals surface area contributed by atoms with Crippen molar-refractivity contribution >= 4 is 45.0 Å². The van der Waals surface area contributed by atoms with Crippen LogP contribution in [0, 0.1) is 0 Å². The summed E-state index contributed by atoms with van der Waals surface area (Å²) in [5.41, 5.74) is 2.17. The Hall–Kier alpha value is -4.18. The molecule has 0 spiro atoms. The number of nitrogens with zero attached hydrogens (tertiary/aromatic N) is 3. The van der Waals surface area contributed by atoms with Crippen LogP contribution in [0.2, 0.25) is 0 Å². The fourth-order valence-electron chi connectivity index (χ4n) is 2.91. The molecule has 0 atom stereocenters. The third-order valence-corrected chi connectivity index (χ3v) is 5.48. The Bertz CT molecular complexity index is 1270. The number of hydrogen-bond acceptors (Lipinski definition) is 7. The number of para-hydroxylation sites is 1. The van der Waals surface area contributed by atoms with E-state index in [1.165, 1.54) is 35.9 Å². The molecule has 0 radical (unpaired) electrons. The lowest BCUT2D eigenvalue weighted by Gasteiger charge is -2.08. The Balaban J connectivity index is 1.49. The van der Waals surface area contributed by atoms with Crippen molar-refractivity contribution in [2.75, 3.05) is 11.9 Å². The van der Waals surface area contributed by atoms with E-state index in [2.05, 4.69) is 25.6 Å². The summed E-state index contributed by atoms with van der Waals surface area (Å²) < 4.78 is 0.983. The molecule has 0 aliphatic rings. The molecule has 2 aromatic heterocycles. The van der Waals surface area contributed by atoms with Crippen LogP contribution >= 0.6 is 11.3 Å². The van der Waals surface area contributed by atoms with Crippen LogP contribution in [0.3, 0.4) is 0 Å². The normalized spacial score (nSPS) is 10.6. The van der Waals surface area contributed by atoms with E-state index >= 15 is 0 Å². The Morgan fingerprint density at radius 1 is 0.938 bits per heavy atom. The molecule has 160 valence electrons. The SMILES string of the molecule is O=C(O)CCNC(=O)c1ccc(NC(=O)c2nccnc2-c2nc3ccccc3s2)cc1. The van der Waals surface area contributed by atoms with E-state index in [1.54, 1.807) is 12.1 Å². The standard InChI is InChI=1S/C22H17N5O4S/c28-17(29)9-10-25-20(30)13-5-7-14(8-6-13)26-21(31)18-19(24-12-11-23-18)22-27-15-3-1-2-4-16(15)32-22/h1-8,11-12H,9-10H2,(H,25,30)(H,26,31)(H,28,29). The Labute approximate surface area is 186 Å². The zero-order valence-electron chi connectivity index (χ0n) is 16.6. The first-order valence-corrected chi connectivity index (χ1v) is 10.4. The van der Waals surface area contributed by atoms with E-state index in [1.807, 2.05) is 24.3 Å². The topological polar surface area (TPSA) is 134 Å². The minimum Gasteiger partial charge on any atom is -0.481 e. The van der Waals surface area contributed by atoms with Gasteiger partial charge >= 0.3 is 5.97 Å². The van der Waals surface area contributed by atoms with Crippen molar-refractivity contribution in [1.29, 1.82) is 0 Å². The first-order valence-electron chi connectivity index (χ1n) is 9.59. The van der Waals surface area contributed by atoms with Crippen LogP contribution in [-0.4, -0.2) is 44.4 Å². The van der Waals surface area contributed by atoms with E-state index in [4.69, 9.17) is 5.11 Å². The quantitative estimate of drug-likeness (QED) is 0.396. The average Bonchev–Trinajstić information content (AvgIpc) is 3.23. The van der Waals surface area contributed by atoms with Crippen LogP contribution in [0.1, 0.15) is 27.3 Å². The number of hydrogen-bond donors (Lipinski definition) is 3. The summed E-state index contributed by atoms with van der Waals surface area (Å²) in [5, 5.41) is 14.5. The molecule has 0 saturated heterocycles. The second-order valence-electron chi connectivity index (χ2n) is 6.67. The summed E-state index contributed by atoms with van der Waals surface area (Å²) in [4.78, 5) is 48.5. The lowest BCUT2D eigenvalue weighted by molar-refractivity contribution is -0.136. The molecule has 32 heavy (non-hydrogen) atoms. The van der Waals surface area contributed by atoms with E-state index in [-0.39, 0.29) is 18.7 Å². The highest BCUT2D eigenvalue weighted by atomic mass is 32.1. The molecule has 3 N–H and O–H groups in total. The summed E-state index contributed by atoms with van der Waals surface area (Å²) in [5.74, 6) is -1.83. The zero-order valence-corrected chi connectivity index (χ0v) is 17.4. The number of rotatable bonds is 7. The van der Waals surface area contributed by atoms with Gasteiger partial charge in [0.05, 0.1) is 16.6 Å². The van der Waals surface area contributed by atoms with E-state index in [0.717, 1.165) is 10.2 Å². The highest BCUT2D eigenvalue weighted by Gasteiger charge is 2.19. The lowest BCUT2D eigenvalue weighted by atomic mass is 10.2. The first kappa shape index (κ1) is 21.1. The molecule has 2 amide bonds. The molecule has 0 unspecified atom stereocenters. The summed E-state index contributed by atoms with van der Waals surface area (Å²) in [6, 6.07) is 13.9. The van der Waals surface area contributed by atoms with Crippen molar-refractivity contribution in [3.63, 3.8) is 0 Å². The third-order valence-electron chi connectivity index (χ3n) is 4.44. The number of nitrogens with one attached hydrogen (secondary N) is 2. The van der Waals surface area contributed by atoms with Gasteiger partial charge in [0.2, 0.25) is 0 Å². The zero-order chi connectivity index (χ0) is 22.5. The van der Waals surface area contributed by atoms with Crippen LogP contribution in [0.25, 0.3) is 20.9 Å². The number of carbonyl (C=O) groups excluding carboxylic acids is 2. The van der Waals surface area contributed by atoms with Gasteiger partial charge in [-0.15, -0.1) is 11.3 Å². The summed E-state index contributed by atoms with van der Waals surface area (Å²) in [6.07, 6.45) is 2.79. The van der Waals surface area contributed by atoms with Gasteiger partial charge < -0.3 is 15.7 Å². The maximum atomic E-state index is 12.9. The number of carboxylic acid groups (broad SMARTS) is 1. The van der Waals surface area contributed by atoms with Gasteiger partial charge in [0.1, 0.15) is 10.7 Å². The molecule has 2 aromatic carbocycles. The van der Waals surface area contributed by atoms with Crippen LogP contribution in [0.15, 0.2) is 60.9 Å². The summed E-state index contributed by atoms with van der Waals surface area (Å²) in [7, 11) is 0. The predicted molar refractivity (Wildman–Crippen MR) is 120 cm³/mol.